The third kappa shape index (κ3) is 1.45. The molecule has 0 fully saturated rings. The second kappa shape index (κ2) is 3.59. The summed E-state index contributed by atoms with van der Waals surface area (Å²) in [5, 5.41) is 0. The van der Waals surface area contributed by atoms with Gasteiger partial charge < -0.3 is 5.73 Å². The number of aromatic nitrogens is 2. The van der Waals surface area contributed by atoms with E-state index >= 15 is 0 Å². The van der Waals surface area contributed by atoms with E-state index in [1.54, 1.807) is 22.8 Å². The maximum absolute atomic E-state index is 13.8. The van der Waals surface area contributed by atoms with Crippen molar-refractivity contribution >= 4 is 17.0 Å². The molecule has 0 aliphatic heterocycles. The summed E-state index contributed by atoms with van der Waals surface area (Å²) in [6.07, 6.45) is 0. The van der Waals surface area contributed by atoms with E-state index in [4.69, 9.17) is 5.73 Å². The third-order valence-electron chi connectivity index (χ3n) is 2.68. The van der Waals surface area contributed by atoms with E-state index in [0.29, 0.717) is 5.69 Å². The number of fused-ring (bicyclic) bond motifs is 1. The number of benzene rings is 2. The minimum absolute atomic E-state index is 0.288. The molecule has 1 heterocycles. The molecule has 17 heavy (non-hydrogen) atoms. The molecule has 0 saturated heterocycles. The van der Waals surface area contributed by atoms with Gasteiger partial charge >= 0.3 is 0 Å². The zero-order chi connectivity index (χ0) is 11.8. The Kier molecular flexibility index (Phi) is 2.08. The molecule has 3 rings (SSSR count). The quantitative estimate of drug-likeness (QED) is 0.694. The summed E-state index contributed by atoms with van der Waals surface area (Å²) in [5.41, 5.74) is 7.81. The van der Waals surface area contributed by atoms with Crippen molar-refractivity contribution < 1.29 is 4.39 Å². The lowest BCUT2D eigenvalue weighted by Crippen LogP contribution is -2.02. The van der Waals surface area contributed by atoms with Gasteiger partial charge in [0.25, 0.3) is 0 Å². The minimum Gasteiger partial charge on any atom is -0.369 e. The Balaban J connectivity index is 2.38. The smallest absolute Gasteiger partial charge is 0.206 e. The molecule has 0 unspecified atom stereocenters. The Morgan fingerprint density at radius 3 is 2.53 bits per heavy atom. The lowest BCUT2D eigenvalue weighted by molar-refractivity contribution is 0.620. The zero-order valence-electron chi connectivity index (χ0n) is 8.97. The highest BCUT2D eigenvalue weighted by molar-refractivity contribution is 5.80. The number of nitrogen functional groups attached to an aromatic ring is 1. The second-order valence-electron chi connectivity index (χ2n) is 3.75. The Hall–Kier alpha value is -2.36. The van der Waals surface area contributed by atoms with Crippen molar-refractivity contribution in [3.8, 4) is 5.69 Å². The van der Waals surface area contributed by atoms with Crippen molar-refractivity contribution in [2.24, 2.45) is 0 Å². The van der Waals surface area contributed by atoms with Crippen LogP contribution in [0.3, 0.4) is 0 Å². The van der Waals surface area contributed by atoms with Gasteiger partial charge in [-0.05, 0) is 24.3 Å². The molecular weight excluding hydrogens is 217 g/mol. The van der Waals surface area contributed by atoms with E-state index in [-0.39, 0.29) is 11.8 Å². The molecule has 0 aliphatic carbocycles. The first-order valence-electron chi connectivity index (χ1n) is 5.25. The summed E-state index contributed by atoms with van der Waals surface area (Å²) >= 11 is 0. The fraction of sp³-hybridized carbons (Fsp3) is 0. The van der Waals surface area contributed by atoms with Gasteiger partial charge in [-0.2, -0.15) is 0 Å². The number of nitrogens with zero attached hydrogens (tertiary/aromatic N) is 2. The number of nitrogens with two attached hydrogens (primary N) is 1. The highest BCUT2D eigenvalue weighted by atomic mass is 19.1. The van der Waals surface area contributed by atoms with E-state index in [1.165, 1.54) is 6.07 Å². The molecule has 1 aromatic heterocycles. The van der Waals surface area contributed by atoms with Crippen molar-refractivity contribution in [3.05, 3.63) is 54.3 Å². The summed E-state index contributed by atoms with van der Waals surface area (Å²) in [7, 11) is 0. The minimum atomic E-state index is -0.317. The average molecular weight is 227 g/mol. The van der Waals surface area contributed by atoms with Gasteiger partial charge in [-0.25, -0.2) is 9.37 Å². The standard InChI is InChI=1S/C13H10FN3/c14-9-5-1-3-7-11(9)17-12-8-4-2-6-10(12)16-13(17)15/h1-8H,(H2,15,16). The van der Waals surface area contributed by atoms with Crippen LogP contribution in [0.4, 0.5) is 10.3 Å². The molecule has 0 saturated carbocycles. The van der Waals surface area contributed by atoms with Gasteiger partial charge in [-0.1, -0.05) is 24.3 Å². The number of imidazole rings is 1. The molecule has 2 N–H and O–H groups in total. The van der Waals surface area contributed by atoms with Gasteiger partial charge in [0.1, 0.15) is 5.82 Å². The molecule has 0 amide bonds. The topological polar surface area (TPSA) is 43.8 Å². The van der Waals surface area contributed by atoms with Crippen LogP contribution in [0, 0.1) is 5.82 Å². The van der Waals surface area contributed by atoms with E-state index in [2.05, 4.69) is 4.98 Å². The van der Waals surface area contributed by atoms with Gasteiger partial charge in [-0.3, -0.25) is 4.57 Å². The Morgan fingerprint density at radius 2 is 1.71 bits per heavy atom. The fourth-order valence-corrected chi connectivity index (χ4v) is 1.93. The number of para-hydroxylation sites is 3. The summed E-state index contributed by atoms with van der Waals surface area (Å²) in [5.74, 6) is -0.0290. The molecule has 0 bridgehead atoms. The maximum Gasteiger partial charge on any atom is 0.206 e. The van der Waals surface area contributed by atoms with Crippen molar-refractivity contribution in [3.63, 3.8) is 0 Å². The van der Waals surface area contributed by atoms with Crippen LogP contribution in [-0.2, 0) is 0 Å². The van der Waals surface area contributed by atoms with Crippen molar-refractivity contribution in [1.82, 2.24) is 9.55 Å². The summed E-state index contributed by atoms with van der Waals surface area (Å²) in [6.45, 7) is 0. The van der Waals surface area contributed by atoms with Crippen LogP contribution in [0.2, 0.25) is 0 Å². The summed E-state index contributed by atoms with van der Waals surface area (Å²) < 4.78 is 15.4. The summed E-state index contributed by atoms with van der Waals surface area (Å²) in [4.78, 5) is 4.20. The molecule has 0 spiro atoms. The number of rotatable bonds is 1. The molecule has 84 valence electrons. The van der Waals surface area contributed by atoms with Gasteiger partial charge in [0.2, 0.25) is 5.95 Å². The molecule has 4 heteroatoms. The van der Waals surface area contributed by atoms with Crippen molar-refractivity contribution in [2.75, 3.05) is 5.73 Å². The number of hydrogen-bond donors (Lipinski definition) is 1. The number of halogens is 1. The number of hydrogen-bond acceptors (Lipinski definition) is 2. The van der Waals surface area contributed by atoms with Crippen LogP contribution < -0.4 is 5.73 Å². The Bertz CT molecular complexity index is 688. The number of anilines is 1. The lowest BCUT2D eigenvalue weighted by Gasteiger charge is -2.07. The van der Waals surface area contributed by atoms with Crippen LogP contribution >= 0.6 is 0 Å². The highest BCUT2D eigenvalue weighted by Gasteiger charge is 2.11. The fourth-order valence-electron chi connectivity index (χ4n) is 1.93. The van der Waals surface area contributed by atoms with Crippen LogP contribution in [0.1, 0.15) is 0 Å². The monoisotopic (exact) mass is 227 g/mol. The SMILES string of the molecule is Nc1nc2ccccc2n1-c1ccccc1F. The van der Waals surface area contributed by atoms with Crippen molar-refractivity contribution in [2.45, 2.75) is 0 Å². The van der Waals surface area contributed by atoms with Gasteiger partial charge in [0.15, 0.2) is 0 Å². The highest BCUT2D eigenvalue weighted by Crippen LogP contribution is 2.24. The van der Waals surface area contributed by atoms with E-state index in [9.17, 15) is 4.39 Å². The third-order valence-corrected chi connectivity index (χ3v) is 2.68. The predicted octanol–water partition coefficient (Wildman–Crippen LogP) is 2.75. The average Bonchev–Trinajstić information content (AvgIpc) is 2.66. The lowest BCUT2D eigenvalue weighted by atomic mass is 10.2. The van der Waals surface area contributed by atoms with Crippen LogP contribution in [-0.4, -0.2) is 9.55 Å². The molecule has 0 aliphatic rings. The molecule has 3 nitrogen and oxygen atoms in total. The van der Waals surface area contributed by atoms with Crippen LogP contribution in [0.5, 0.6) is 0 Å². The molecule has 0 radical (unpaired) electrons. The predicted molar refractivity (Wildman–Crippen MR) is 65.4 cm³/mol. The van der Waals surface area contributed by atoms with Crippen LogP contribution in [0.25, 0.3) is 16.7 Å². The molecule has 0 atom stereocenters. The largest absolute Gasteiger partial charge is 0.369 e. The normalized spacial score (nSPS) is 10.9. The zero-order valence-corrected chi connectivity index (χ0v) is 8.97. The first-order chi connectivity index (χ1) is 8.27. The van der Waals surface area contributed by atoms with Crippen molar-refractivity contribution in [1.29, 1.82) is 0 Å². The first kappa shape index (κ1) is 9.84. The Labute approximate surface area is 97.3 Å². The van der Waals surface area contributed by atoms with E-state index < -0.39 is 0 Å². The van der Waals surface area contributed by atoms with Gasteiger partial charge in [0.05, 0.1) is 16.7 Å². The van der Waals surface area contributed by atoms with E-state index in [1.807, 2.05) is 24.3 Å². The first-order valence-corrected chi connectivity index (χ1v) is 5.25. The van der Waals surface area contributed by atoms with Gasteiger partial charge in [0, 0.05) is 0 Å². The molecular formula is C13H10FN3. The van der Waals surface area contributed by atoms with Gasteiger partial charge in [-0.15, -0.1) is 0 Å². The van der Waals surface area contributed by atoms with E-state index in [0.717, 1.165) is 11.0 Å². The molecule has 2 aromatic carbocycles. The molecule has 3 aromatic rings. The second-order valence-corrected chi connectivity index (χ2v) is 3.75. The van der Waals surface area contributed by atoms with Crippen LogP contribution in [0.15, 0.2) is 48.5 Å². The Morgan fingerprint density at radius 1 is 1.00 bits per heavy atom. The maximum atomic E-state index is 13.8. The summed E-state index contributed by atoms with van der Waals surface area (Å²) in [6, 6.07) is 14.0.